The van der Waals surface area contributed by atoms with Gasteiger partial charge in [-0.3, -0.25) is 14.4 Å². The molecule has 4 rings (SSSR count). The SMILES string of the molecule is CCCN(Cc1nc2cc(Cl)ccc2c(=O)[nH]1)C(=O)c1ccc2c(c1)NC(=O)CS2. The highest BCUT2D eigenvalue weighted by molar-refractivity contribution is 8.00. The Balaban J connectivity index is 1.63. The lowest BCUT2D eigenvalue weighted by Crippen LogP contribution is -2.33. The molecule has 2 N–H and O–H groups in total. The summed E-state index contributed by atoms with van der Waals surface area (Å²) in [6.45, 7) is 2.62. The molecule has 0 unspecified atom stereocenters. The zero-order valence-corrected chi connectivity index (χ0v) is 17.8. The number of benzene rings is 2. The second kappa shape index (κ2) is 8.49. The van der Waals surface area contributed by atoms with E-state index in [4.69, 9.17) is 11.6 Å². The van der Waals surface area contributed by atoms with Gasteiger partial charge in [0.1, 0.15) is 5.82 Å². The van der Waals surface area contributed by atoms with Gasteiger partial charge in [0.05, 0.1) is 28.9 Å². The van der Waals surface area contributed by atoms with Crippen LogP contribution in [0.3, 0.4) is 0 Å². The molecule has 30 heavy (non-hydrogen) atoms. The minimum absolute atomic E-state index is 0.0842. The maximum absolute atomic E-state index is 13.2. The van der Waals surface area contributed by atoms with Crippen LogP contribution in [0.15, 0.2) is 46.1 Å². The molecule has 7 nitrogen and oxygen atoms in total. The van der Waals surface area contributed by atoms with E-state index in [1.54, 1.807) is 35.2 Å². The number of nitrogens with one attached hydrogen (secondary N) is 2. The van der Waals surface area contributed by atoms with Crippen LogP contribution in [-0.4, -0.2) is 39.0 Å². The van der Waals surface area contributed by atoms with E-state index in [-0.39, 0.29) is 23.9 Å². The van der Waals surface area contributed by atoms with Crippen molar-refractivity contribution in [2.75, 3.05) is 17.6 Å². The Labute approximate surface area is 181 Å². The molecule has 0 fully saturated rings. The predicted molar refractivity (Wildman–Crippen MR) is 118 cm³/mol. The number of rotatable bonds is 5. The Bertz CT molecular complexity index is 1210. The van der Waals surface area contributed by atoms with Gasteiger partial charge in [-0.15, -0.1) is 11.8 Å². The fourth-order valence-corrected chi connectivity index (χ4v) is 4.29. The van der Waals surface area contributed by atoms with Crippen LogP contribution < -0.4 is 10.9 Å². The van der Waals surface area contributed by atoms with Gasteiger partial charge in [0.25, 0.3) is 11.5 Å². The Kier molecular flexibility index (Phi) is 5.78. The van der Waals surface area contributed by atoms with E-state index >= 15 is 0 Å². The summed E-state index contributed by atoms with van der Waals surface area (Å²) in [7, 11) is 0. The molecule has 2 heterocycles. The second-order valence-corrected chi connectivity index (χ2v) is 8.40. The number of aromatic amines is 1. The second-order valence-electron chi connectivity index (χ2n) is 6.95. The van der Waals surface area contributed by atoms with Gasteiger partial charge in [0, 0.05) is 22.0 Å². The molecule has 0 saturated carbocycles. The quantitative estimate of drug-likeness (QED) is 0.628. The van der Waals surface area contributed by atoms with Gasteiger partial charge < -0.3 is 15.2 Å². The van der Waals surface area contributed by atoms with Crippen LogP contribution >= 0.6 is 23.4 Å². The maximum Gasteiger partial charge on any atom is 0.258 e. The van der Waals surface area contributed by atoms with E-state index in [1.165, 1.54) is 11.8 Å². The van der Waals surface area contributed by atoms with Crippen molar-refractivity contribution in [1.82, 2.24) is 14.9 Å². The molecule has 0 atom stereocenters. The topological polar surface area (TPSA) is 95.2 Å². The van der Waals surface area contributed by atoms with Gasteiger partial charge in [0.2, 0.25) is 5.91 Å². The Morgan fingerprint density at radius 3 is 2.87 bits per heavy atom. The molecule has 9 heteroatoms. The minimum Gasteiger partial charge on any atom is -0.331 e. The van der Waals surface area contributed by atoms with Crippen molar-refractivity contribution in [2.45, 2.75) is 24.8 Å². The van der Waals surface area contributed by atoms with Crippen LogP contribution in [0, 0.1) is 0 Å². The van der Waals surface area contributed by atoms with E-state index in [2.05, 4.69) is 15.3 Å². The van der Waals surface area contributed by atoms with Crippen LogP contribution in [0.4, 0.5) is 5.69 Å². The summed E-state index contributed by atoms with van der Waals surface area (Å²) in [5.41, 5.74) is 1.32. The third kappa shape index (κ3) is 4.20. The van der Waals surface area contributed by atoms with Gasteiger partial charge in [-0.05, 0) is 42.8 Å². The number of fused-ring (bicyclic) bond motifs is 2. The normalized spacial score (nSPS) is 13.1. The molecule has 1 aliphatic rings. The molecule has 0 bridgehead atoms. The van der Waals surface area contributed by atoms with E-state index in [0.29, 0.717) is 45.3 Å². The van der Waals surface area contributed by atoms with E-state index < -0.39 is 0 Å². The predicted octanol–water partition coefficient (Wildman–Crippen LogP) is 3.67. The first-order valence-electron chi connectivity index (χ1n) is 9.49. The molecule has 0 aliphatic carbocycles. The molecule has 0 saturated heterocycles. The van der Waals surface area contributed by atoms with Gasteiger partial charge >= 0.3 is 0 Å². The average Bonchev–Trinajstić information content (AvgIpc) is 2.72. The zero-order valence-electron chi connectivity index (χ0n) is 16.2. The molecule has 2 aromatic carbocycles. The van der Waals surface area contributed by atoms with Crippen LogP contribution in [0.1, 0.15) is 29.5 Å². The number of hydrogen-bond acceptors (Lipinski definition) is 5. The lowest BCUT2D eigenvalue weighted by atomic mass is 10.1. The summed E-state index contributed by atoms with van der Waals surface area (Å²) in [4.78, 5) is 47.0. The van der Waals surface area contributed by atoms with Gasteiger partial charge in [-0.1, -0.05) is 18.5 Å². The number of carbonyl (C=O) groups excluding carboxylic acids is 2. The summed E-state index contributed by atoms with van der Waals surface area (Å²) in [6.07, 6.45) is 0.743. The first-order chi connectivity index (χ1) is 14.4. The summed E-state index contributed by atoms with van der Waals surface area (Å²) in [5.74, 6) is 0.476. The highest BCUT2D eigenvalue weighted by atomic mass is 35.5. The van der Waals surface area contributed by atoms with Crippen LogP contribution in [0.25, 0.3) is 10.9 Å². The number of amides is 2. The molecule has 1 aliphatic heterocycles. The zero-order chi connectivity index (χ0) is 21.3. The summed E-state index contributed by atoms with van der Waals surface area (Å²) in [6, 6.07) is 10.2. The highest BCUT2D eigenvalue weighted by Gasteiger charge is 2.21. The fourth-order valence-electron chi connectivity index (χ4n) is 3.34. The lowest BCUT2D eigenvalue weighted by Gasteiger charge is -2.23. The summed E-state index contributed by atoms with van der Waals surface area (Å²) >= 11 is 7.47. The molecule has 3 aromatic rings. The van der Waals surface area contributed by atoms with Gasteiger partial charge in [-0.25, -0.2) is 4.98 Å². The lowest BCUT2D eigenvalue weighted by molar-refractivity contribution is -0.113. The van der Waals surface area contributed by atoms with Crippen molar-refractivity contribution >= 4 is 51.8 Å². The Morgan fingerprint density at radius 2 is 2.07 bits per heavy atom. The highest BCUT2D eigenvalue weighted by Crippen LogP contribution is 2.32. The van der Waals surface area contributed by atoms with Crippen molar-refractivity contribution < 1.29 is 9.59 Å². The van der Waals surface area contributed by atoms with Crippen molar-refractivity contribution in [2.24, 2.45) is 0 Å². The Morgan fingerprint density at radius 1 is 1.23 bits per heavy atom. The molecule has 1 aromatic heterocycles. The first kappa shape index (κ1) is 20.4. The molecule has 0 spiro atoms. The Hall–Kier alpha value is -2.84. The summed E-state index contributed by atoms with van der Waals surface area (Å²) < 4.78 is 0. The number of thioether (sulfide) groups is 1. The van der Waals surface area contributed by atoms with E-state index in [9.17, 15) is 14.4 Å². The van der Waals surface area contributed by atoms with Crippen LogP contribution in [0.2, 0.25) is 5.02 Å². The molecule has 154 valence electrons. The van der Waals surface area contributed by atoms with Crippen molar-refractivity contribution in [3.63, 3.8) is 0 Å². The standard InChI is InChI=1S/C21H19ClN4O3S/c1-2-7-26(10-18-23-15-9-13(22)4-5-14(15)20(28)25-18)21(29)12-3-6-17-16(8-12)24-19(27)11-30-17/h3-6,8-9H,2,7,10-11H2,1H3,(H,24,27)(H,23,25,28). The largest absolute Gasteiger partial charge is 0.331 e. The van der Waals surface area contributed by atoms with Crippen molar-refractivity contribution in [1.29, 1.82) is 0 Å². The third-order valence-electron chi connectivity index (χ3n) is 4.70. The van der Waals surface area contributed by atoms with E-state index in [1.807, 2.05) is 13.0 Å². The smallest absolute Gasteiger partial charge is 0.258 e. The molecule has 0 radical (unpaired) electrons. The number of carbonyl (C=O) groups is 2. The van der Waals surface area contributed by atoms with Crippen molar-refractivity contribution in [3.05, 3.63) is 63.2 Å². The summed E-state index contributed by atoms with van der Waals surface area (Å²) in [5, 5.41) is 3.74. The third-order valence-corrected chi connectivity index (χ3v) is 6.01. The monoisotopic (exact) mass is 442 g/mol. The first-order valence-corrected chi connectivity index (χ1v) is 10.9. The van der Waals surface area contributed by atoms with Crippen LogP contribution in [-0.2, 0) is 11.3 Å². The number of nitrogens with zero attached hydrogens (tertiary/aromatic N) is 2. The number of H-pyrrole nitrogens is 1. The average molecular weight is 443 g/mol. The molecular weight excluding hydrogens is 424 g/mol. The number of aromatic nitrogens is 2. The number of hydrogen-bond donors (Lipinski definition) is 2. The van der Waals surface area contributed by atoms with Crippen LogP contribution in [0.5, 0.6) is 0 Å². The van der Waals surface area contributed by atoms with Gasteiger partial charge in [0.15, 0.2) is 0 Å². The number of halogens is 1. The maximum atomic E-state index is 13.2. The fraction of sp³-hybridized carbons (Fsp3) is 0.238. The molecular formula is C21H19ClN4O3S. The molecule has 2 amide bonds. The van der Waals surface area contributed by atoms with Crippen molar-refractivity contribution in [3.8, 4) is 0 Å². The number of anilines is 1. The van der Waals surface area contributed by atoms with Gasteiger partial charge in [-0.2, -0.15) is 0 Å². The minimum atomic E-state index is -0.274. The van der Waals surface area contributed by atoms with E-state index in [0.717, 1.165) is 11.3 Å².